The lowest BCUT2D eigenvalue weighted by molar-refractivity contribution is 0.691. The number of aromatic nitrogens is 1. The van der Waals surface area contributed by atoms with Gasteiger partial charge in [0.2, 0.25) is 0 Å². The number of rotatable bonds is 6. The first-order chi connectivity index (χ1) is 7.29. The molecule has 1 aliphatic rings. The summed E-state index contributed by atoms with van der Waals surface area (Å²) in [6.45, 7) is 5.34. The van der Waals surface area contributed by atoms with Crippen molar-refractivity contribution < 1.29 is 0 Å². The van der Waals surface area contributed by atoms with Crippen LogP contribution in [-0.4, -0.2) is 16.8 Å². The molecule has 0 unspecified atom stereocenters. The molecule has 2 rings (SSSR count). The lowest BCUT2D eigenvalue weighted by atomic mass is 10.4. The number of hydrogen-bond donors (Lipinski definition) is 1. The Morgan fingerprint density at radius 2 is 2.33 bits per heavy atom. The van der Waals surface area contributed by atoms with Crippen molar-refractivity contribution in [1.82, 2.24) is 10.3 Å². The normalized spacial score (nSPS) is 15.9. The van der Waals surface area contributed by atoms with Crippen LogP contribution in [-0.2, 0) is 12.3 Å². The predicted octanol–water partition coefficient (Wildman–Crippen LogP) is 2.96. The highest BCUT2D eigenvalue weighted by Crippen LogP contribution is 2.24. The predicted molar refractivity (Wildman–Crippen MR) is 68.5 cm³/mol. The molecule has 15 heavy (non-hydrogen) atoms. The Morgan fingerprint density at radius 3 is 3.00 bits per heavy atom. The minimum absolute atomic E-state index is 0.792. The Kier molecular flexibility index (Phi) is 4.05. The van der Waals surface area contributed by atoms with Crippen LogP contribution in [0.5, 0.6) is 0 Å². The third kappa shape index (κ3) is 3.47. The maximum Gasteiger partial charge on any atom is 0.103 e. The second kappa shape index (κ2) is 5.32. The second-order valence-electron chi connectivity index (χ2n) is 3.91. The minimum Gasteiger partial charge on any atom is -0.309 e. The molecular weight excluding hydrogens is 224 g/mol. The molecule has 0 amide bonds. The summed E-state index contributed by atoms with van der Waals surface area (Å²) in [5.74, 6) is 2.25. The summed E-state index contributed by atoms with van der Waals surface area (Å²) in [5, 5.41) is 4.83. The highest BCUT2D eigenvalue weighted by molar-refractivity contribution is 7.98. The Hall–Kier alpha value is -0.0600. The second-order valence-corrected chi connectivity index (χ2v) is 6.35. The number of aryl methyl sites for hydroxylation is 1. The van der Waals surface area contributed by atoms with Crippen molar-refractivity contribution in [3.63, 3.8) is 0 Å². The van der Waals surface area contributed by atoms with Crippen molar-refractivity contribution in [2.75, 3.05) is 5.75 Å². The summed E-state index contributed by atoms with van der Waals surface area (Å²) in [6.07, 6.45) is 2.72. The van der Waals surface area contributed by atoms with Gasteiger partial charge < -0.3 is 5.32 Å². The van der Waals surface area contributed by atoms with Gasteiger partial charge in [-0.15, -0.1) is 11.3 Å². The molecule has 1 heterocycles. The third-order valence-corrected chi connectivity index (χ3v) is 4.72. The topological polar surface area (TPSA) is 24.9 Å². The molecule has 4 heteroatoms. The van der Waals surface area contributed by atoms with Crippen LogP contribution in [0.2, 0.25) is 0 Å². The van der Waals surface area contributed by atoms with Gasteiger partial charge in [-0.05, 0) is 25.5 Å². The summed E-state index contributed by atoms with van der Waals surface area (Å²) in [6, 6.07) is 0.792. The molecule has 0 spiro atoms. The Morgan fingerprint density at radius 1 is 1.53 bits per heavy atom. The van der Waals surface area contributed by atoms with Gasteiger partial charge >= 0.3 is 0 Å². The van der Waals surface area contributed by atoms with Crippen LogP contribution in [0.25, 0.3) is 0 Å². The monoisotopic (exact) mass is 242 g/mol. The summed E-state index contributed by atoms with van der Waals surface area (Å²) in [4.78, 5) is 6.03. The smallest absolute Gasteiger partial charge is 0.103 e. The van der Waals surface area contributed by atoms with E-state index in [1.807, 2.05) is 23.1 Å². The Bertz CT molecular complexity index is 318. The molecule has 0 radical (unpaired) electrons. The van der Waals surface area contributed by atoms with Crippen LogP contribution in [0.1, 0.15) is 35.3 Å². The van der Waals surface area contributed by atoms with E-state index in [1.54, 1.807) is 0 Å². The van der Waals surface area contributed by atoms with Gasteiger partial charge in [0, 0.05) is 23.2 Å². The van der Waals surface area contributed by atoms with Gasteiger partial charge in [0.1, 0.15) is 5.01 Å². The van der Waals surface area contributed by atoms with Gasteiger partial charge in [-0.1, -0.05) is 6.92 Å². The molecule has 0 bridgehead atoms. The van der Waals surface area contributed by atoms with E-state index < -0.39 is 0 Å². The Balaban J connectivity index is 1.87. The highest BCUT2D eigenvalue weighted by Gasteiger charge is 2.20. The first-order valence-corrected chi connectivity index (χ1v) is 7.53. The minimum atomic E-state index is 0.792. The van der Waals surface area contributed by atoms with Crippen molar-refractivity contribution >= 4 is 23.1 Å². The zero-order chi connectivity index (χ0) is 10.7. The lowest BCUT2D eigenvalue weighted by Gasteiger charge is -1.99. The fraction of sp³-hybridized carbons (Fsp3) is 0.727. The zero-order valence-corrected chi connectivity index (χ0v) is 11.0. The van der Waals surface area contributed by atoms with Crippen molar-refractivity contribution in [3.8, 4) is 0 Å². The quantitative estimate of drug-likeness (QED) is 0.830. The van der Waals surface area contributed by atoms with Gasteiger partial charge in [0.25, 0.3) is 0 Å². The summed E-state index contributed by atoms with van der Waals surface area (Å²) < 4.78 is 0. The third-order valence-electron chi connectivity index (χ3n) is 2.50. The van der Waals surface area contributed by atoms with Crippen molar-refractivity contribution in [3.05, 3.63) is 15.6 Å². The van der Waals surface area contributed by atoms with Gasteiger partial charge in [-0.25, -0.2) is 4.98 Å². The molecule has 0 aliphatic heterocycles. The first kappa shape index (κ1) is 11.4. The number of thiazole rings is 1. The van der Waals surface area contributed by atoms with Gasteiger partial charge in [0.15, 0.2) is 0 Å². The van der Waals surface area contributed by atoms with Crippen LogP contribution in [0.4, 0.5) is 0 Å². The molecule has 1 aliphatic carbocycles. The molecule has 0 aromatic carbocycles. The van der Waals surface area contributed by atoms with E-state index >= 15 is 0 Å². The first-order valence-electron chi connectivity index (χ1n) is 5.56. The van der Waals surface area contributed by atoms with E-state index in [0.717, 1.165) is 18.3 Å². The number of thioether (sulfide) groups is 1. The summed E-state index contributed by atoms with van der Waals surface area (Å²) in [7, 11) is 0. The van der Waals surface area contributed by atoms with E-state index in [0.29, 0.717) is 0 Å². The van der Waals surface area contributed by atoms with E-state index in [-0.39, 0.29) is 0 Å². The lowest BCUT2D eigenvalue weighted by Crippen LogP contribution is -2.14. The molecule has 84 valence electrons. The molecule has 1 N–H and O–H groups in total. The van der Waals surface area contributed by atoms with Gasteiger partial charge in [-0.2, -0.15) is 11.8 Å². The largest absolute Gasteiger partial charge is 0.309 e. The van der Waals surface area contributed by atoms with Crippen LogP contribution in [0.3, 0.4) is 0 Å². The summed E-state index contributed by atoms with van der Waals surface area (Å²) >= 11 is 3.82. The molecule has 1 saturated carbocycles. The SMILES string of the molecule is CCSCc1nc(C)c(CNC2CC2)s1. The van der Waals surface area contributed by atoms with Gasteiger partial charge in [-0.3, -0.25) is 0 Å². The van der Waals surface area contributed by atoms with Crippen LogP contribution in [0.15, 0.2) is 0 Å². The molecule has 1 aromatic heterocycles. The van der Waals surface area contributed by atoms with Crippen molar-refractivity contribution in [2.45, 2.75) is 45.0 Å². The van der Waals surface area contributed by atoms with Gasteiger partial charge in [0.05, 0.1) is 5.69 Å². The molecule has 1 fully saturated rings. The maximum atomic E-state index is 4.60. The average molecular weight is 242 g/mol. The van der Waals surface area contributed by atoms with Crippen molar-refractivity contribution in [2.24, 2.45) is 0 Å². The molecular formula is C11H18N2S2. The van der Waals surface area contributed by atoms with Crippen LogP contribution in [0, 0.1) is 6.92 Å². The van der Waals surface area contributed by atoms with E-state index in [2.05, 4.69) is 24.1 Å². The fourth-order valence-corrected chi connectivity index (χ4v) is 3.17. The van der Waals surface area contributed by atoms with Crippen molar-refractivity contribution in [1.29, 1.82) is 0 Å². The number of hydrogen-bond acceptors (Lipinski definition) is 4. The molecule has 1 aromatic rings. The molecule has 0 saturated heterocycles. The molecule has 2 nitrogen and oxygen atoms in total. The molecule has 0 atom stereocenters. The van der Waals surface area contributed by atoms with Crippen LogP contribution < -0.4 is 5.32 Å². The average Bonchev–Trinajstić information content (AvgIpc) is 2.98. The fourth-order valence-electron chi connectivity index (χ4n) is 1.43. The van der Waals surface area contributed by atoms with E-state index in [4.69, 9.17) is 0 Å². The van der Waals surface area contributed by atoms with Crippen LogP contribution >= 0.6 is 23.1 Å². The maximum absolute atomic E-state index is 4.60. The number of nitrogens with one attached hydrogen (secondary N) is 1. The van der Waals surface area contributed by atoms with E-state index in [9.17, 15) is 0 Å². The summed E-state index contributed by atoms with van der Waals surface area (Å²) in [5.41, 5.74) is 1.22. The standard InChI is InChI=1S/C11H18N2S2/c1-3-14-7-11-13-8(2)10(15-11)6-12-9-4-5-9/h9,12H,3-7H2,1-2H3. The zero-order valence-electron chi connectivity index (χ0n) is 9.38. The Labute approximate surface area is 99.9 Å². The van der Waals surface area contributed by atoms with E-state index in [1.165, 1.54) is 34.2 Å². The highest BCUT2D eigenvalue weighted by atomic mass is 32.2. The number of nitrogens with zero attached hydrogens (tertiary/aromatic N) is 1.